The molecular formula is C16H21F9O4S2. The van der Waals surface area contributed by atoms with E-state index >= 15 is 0 Å². The minimum atomic E-state index is -7.36. The molecule has 0 N–H and O–H groups in total. The summed E-state index contributed by atoms with van der Waals surface area (Å²) in [6, 6.07) is 0. The highest BCUT2D eigenvalue weighted by molar-refractivity contribution is 8.33. The van der Waals surface area contributed by atoms with Gasteiger partial charge in [-0.25, -0.2) is 3.63 Å². The minimum Gasteiger partial charge on any atom is -0.302 e. The molecule has 1 aliphatic carbocycles. The van der Waals surface area contributed by atoms with Gasteiger partial charge in [-0.1, -0.05) is 19.3 Å². The van der Waals surface area contributed by atoms with Crippen molar-refractivity contribution in [1.29, 1.82) is 0 Å². The molecule has 15 heteroatoms. The lowest BCUT2D eigenvalue weighted by molar-refractivity contribution is -0.382. The van der Waals surface area contributed by atoms with Gasteiger partial charge in [0.05, 0.1) is 5.75 Å². The molecule has 0 spiro atoms. The van der Waals surface area contributed by atoms with E-state index in [1.165, 1.54) is 0 Å². The lowest BCUT2D eigenvalue weighted by Crippen LogP contribution is -2.63. The van der Waals surface area contributed by atoms with E-state index in [9.17, 15) is 52.7 Å². The summed E-state index contributed by atoms with van der Waals surface area (Å²) in [5.74, 6) is -15.9. The van der Waals surface area contributed by atoms with Crippen LogP contribution in [0.5, 0.6) is 0 Å². The number of alkyl halides is 9. The maximum Gasteiger partial charge on any atom is 0.460 e. The summed E-state index contributed by atoms with van der Waals surface area (Å²) in [6.07, 6.45) is -3.52. The number of aldehydes is 1. The van der Waals surface area contributed by atoms with E-state index < -0.39 is 54.7 Å². The first-order chi connectivity index (χ1) is 14.0. The molecule has 2 unspecified atom stereocenters. The van der Waals surface area contributed by atoms with Gasteiger partial charge in [-0.15, -0.1) is 10.3 Å². The molecule has 2 rings (SSSR count). The highest BCUT2D eigenvalue weighted by Crippen LogP contribution is 2.65. The van der Waals surface area contributed by atoms with Crippen molar-refractivity contribution < 1.29 is 56.4 Å². The van der Waals surface area contributed by atoms with Gasteiger partial charge >= 0.3 is 33.4 Å². The summed E-state index contributed by atoms with van der Waals surface area (Å²) < 4.78 is 148. The number of hydrogen-bond donors (Lipinski definition) is 0. The maximum absolute atomic E-state index is 14.2. The first-order valence-electron chi connectivity index (χ1n) is 9.34. The fourth-order valence-corrected chi connectivity index (χ4v) is 10.5. The summed E-state index contributed by atoms with van der Waals surface area (Å²) in [4.78, 5) is 11.2. The third-order valence-electron chi connectivity index (χ3n) is 5.71. The summed E-state index contributed by atoms with van der Waals surface area (Å²) in [5.41, 5.74) is 0. The third kappa shape index (κ3) is 4.42. The summed E-state index contributed by atoms with van der Waals surface area (Å²) in [6.45, 7) is 0. The van der Waals surface area contributed by atoms with Gasteiger partial charge in [-0.05, 0) is 31.6 Å². The van der Waals surface area contributed by atoms with E-state index in [2.05, 4.69) is 3.63 Å². The van der Waals surface area contributed by atoms with Crippen LogP contribution in [0.25, 0.3) is 0 Å². The Morgan fingerprint density at radius 2 is 1.35 bits per heavy atom. The zero-order valence-electron chi connectivity index (χ0n) is 15.9. The van der Waals surface area contributed by atoms with Gasteiger partial charge in [-0.2, -0.15) is 47.9 Å². The van der Waals surface area contributed by atoms with Gasteiger partial charge in [0, 0.05) is 11.0 Å². The number of carbonyl (C=O) groups excluding carboxylic acids is 1. The van der Waals surface area contributed by atoms with Crippen LogP contribution in [0.3, 0.4) is 0 Å². The monoisotopic (exact) mass is 512 g/mol. The van der Waals surface area contributed by atoms with Crippen LogP contribution in [0.2, 0.25) is 0 Å². The Kier molecular flexibility index (Phi) is 7.35. The molecule has 31 heavy (non-hydrogen) atoms. The fraction of sp³-hybridized carbons (Fsp3) is 0.938. The molecule has 0 aromatic rings. The predicted molar refractivity (Wildman–Crippen MR) is 93.9 cm³/mol. The lowest BCUT2D eigenvalue weighted by atomic mass is 9.99. The zero-order valence-corrected chi connectivity index (χ0v) is 17.6. The number of carbonyl (C=O) groups is 1. The van der Waals surface area contributed by atoms with Crippen molar-refractivity contribution in [3.8, 4) is 0 Å². The molecule has 2 atom stereocenters. The number of rotatable bonds is 8. The summed E-state index contributed by atoms with van der Waals surface area (Å²) >= 11 is 0. The molecule has 2 fully saturated rings. The van der Waals surface area contributed by atoms with Crippen LogP contribution < -0.4 is 0 Å². The molecule has 184 valence electrons. The second-order valence-electron chi connectivity index (χ2n) is 7.67. The van der Waals surface area contributed by atoms with Crippen molar-refractivity contribution in [3.63, 3.8) is 0 Å². The van der Waals surface area contributed by atoms with Crippen molar-refractivity contribution in [2.45, 2.75) is 73.5 Å². The average Bonchev–Trinajstić information content (AvgIpc) is 3.14. The van der Waals surface area contributed by atoms with Crippen molar-refractivity contribution in [2.24, 2.45) is 5.92 Å². The molecule has 4 nitrogen and oxygen atoms in total. The van der Waals surface area contributed by atoms with Crippen LogP contribution in [0.15, 0.2) is 0 Å². The number of halogens is 9. The van der Waals surface area contributed by atoms with E-state index in [0.29, 0.717) is 19.3 Å². The Morgan fingerprint density at radius 3 is 1.84 bits per heavy atom. The smallest absolute Gasteiger partial charge is 0.302 e. The Bertz CT molecular complexity index is 764. The summed E-state index contributed by atoms with van der Waals surface area (Å²) in [7, 11) is -10.3. The average molecular weight is 512 g/mol. The molecule has 0 radical (unpaired) electrons. The van der Waals surface area contributed by atoms with E-state index in [4.69, 9.17) is 0 Å². The van der Waals surface area contributed by atoms with Gasteiger partial charge in [0.25, 0.3) is 0 Å². The highest BCUT2D eigenvalue weighted by atomic mass is 32.3. The van der Waals surface area contributed by atoms with E-state index in [1.807, 2.05) is 0 Å². The Labute approximate surface area is 174 Å². The van der Waals surface area contributed by atoms with Gasteiger partial charge in [0.15, 0.2) is 0 Å². The van der Waals surface area contributed by atoms with Crippen molar-refractivity contribution in [3.05, 3.63) is 0 Å². The van der Waals surface area contributed by atoms with Gasteiger partial charge in [0.1, 0.15) is 6.29 Å². The predicted octanol–water partition coefficient (Wildman–Crippen LogP) is 5.42. The largest absolute Gasteiger partial charge is 0.460 e. The Balaban J connectivity index is 2.49. The van der Waals surface area contributed by atoms with Crippen LogP contribution in [-0.4, -0.2) is 54.7 Å². The molecule has 1 saturated heterocycles. The van der Waals surface area contributed by atoms with Gasteiger partial charge in [0.2, 0.25) is 0 Å². The second-order valence-corrected chi connectivity index (χ2v) is 12.7. The normalized spacial score (nSPS) is 29.5. The zero-order chi connectivity index (χ0) is 23.9. The molecule has 0 amide bonds. The van der Waals surface area contributed by atoms with E-state index in [1.54, 1.807) is 0 Å². The molecule has 2 aliphatic rings. The number of hydrogen-bond acceptors (Lipinski definition) is 4. The van der Waals surface area contributed by atoms with Crippen molar-refractivity contribution >= 4 is 26.7 Å². The molecule has 1 aliphatic heterocycles. The van der Waals surface area contributed by atoms with E-state index in [-0.39, 0.29) is 30.8 Å². The first-order valence-corrected chi connectivity index (χ1v) is 12.7. The third-order valence-corrected chi connectivity index (χ3v) is 11.8. The van der Waals surface area contributed by atoms with E-state index in [0.717, 1.165) is 12.8 Å². The molecule has 0 aromatic heterocycles. The molecule has 1 heterocycles. The first kappa shape index (κ1) is 26.6. The molecule has 0 aromatic carbocycles. The Morgan fingerprint density at radius 1 is 0.839 bits per heavy atom. The SMILES string of the molecule is O=CCS1(OS(=O)(=O)C(F)(F)C(F)(F)C(F)(F)C(F)(F)F)CCCCC1C1CCCC1. The summed E-state index contributed by atoms with van der Waals surface area (Å²) in [5, 5.41) is -7.66. The van der Waals surface area contributed by atoms with Crippen LogP contribution in [0.4, 0.5) is 39.5 Å². The van der Waals surface area contributed by atoms with Crippen LogP contribution >= 0.6 is 10.3 Å². The lowest BCUT2D eigenvalue weighted by Gasteiger charge is -2.49. The standard InChI is InChI=1S/C16H21F9O4S2/c17-13(18,15(21,22)23)14(19,20)16(24,25)31(27,28)29-30(10-8-26)9-4-3-7-12(30)11-5-1-2-6-11/h8,11-12H,1-7,9-10H2. The Hall–Kier alpha value is -0.700. The topological polar surface area (TPSA) is 60.4 Å². The molecular weight excluding hydrogens is 491 g/mol. The molecule has 1 saturated carbocycles. The van der Waals surface area contributed by atoms with Gasteiger partial charge < -0.3 is 4.79 Å². The van der Waals surface area contributed by atoms with Crippen molar-refractivity contribution in [2.75, 3.05) is 11.5 Å². The highest BCUT2D eigenvalue weighted by Gasteiger charge is 2.86. The quantitative estimate of drug-likeness (QED) is 0.322. The van der Waals surface area contributed by atoms with Crippen LogP contribution in [-0.2, 0) is 18.5 Å². The van der Waals surface area contributed by atoms with Crippen LogP contribution in [0.1, 0.15) is 44.9 Å². The maximum atomic E-state index is 14.2. The second kappa shape index (κ2) is 8.58. The van der Waals surface area contributed by atoms with Crippen LogP contribution in [0, 0.1) is 5.92 Å². The minimum absolute atomic E-state index is 0.165. The van der Waals surface area contributed by atoms with Gasteiger partial charge in [-0.3, -0.25) is 0 Å². The fourth-order valence-electron chi connectivity index (χ4n) is 4.15. The van der Waals surface area contributed by atoms with Crippen molar-refractivity contribution in [1.82, 2.24) is 0 Å². The molecule has 0 bridgehead atoms.